The fourth-order valence-corrected chi connectivity index (χ4v) is 3.05. The Morgan fingerprint density at radius 3 is 2.81 bits per heavy atom. The molecule has 1 aromatic heterocycles. The van der Waals surface area contributed by atoms with Crippen molar-refractivity contribution >= 4 is 5.91 Å². The highest BCUT2D eigenvalue weighted by Gasteiger charge is 2.26. The van der Waals surface area contributed by atoms with Gasteiger partial charge in [-0.3, -0.25) is 9.78 Å². The number of benzene rings is 1. The second-order valence-corrected chi connectivity index (χ2v) is 5.39. The maximum Gasteiger partial charge on any atom is 0.250 e. The van der Waals surface area contributed by atoms with Crippen molar-refractivity contribution in [2.24, 2.45) is 5.73 Å². The molecule has 0 spiro atoms. The Morgan fingerprint density at radius 1 is 1.33 bits per heavy atom. The Morgan fingerprint density at radius 2 is 2.14 bits per heavy atom. The number of carbonyl (C=O) groups excluding carboxylic acids is 1. The molecule has 0 saturated carbocycles. The summed E-state index contributed by atoms with van der Waals surface area (Å²) >= 11 is 0. The molecule has 1 aliphatic carbocycles. The maximum absolute atomic E-state index is 11.3. The Hall–Kier alpha value is -2.36. The summed E-state index contributed by atoms with van der Waals surface area (Å²) in [6, 6.07) is 9.89. The van der Waals surface area contributed by atoms with Gasteiger partial charge in [0.1, 0.15) is 5.75 Å². The smallest absolute Gasteiger partial charge is 0.250 e. The minimum Gasteiger partial charge on any atom is -0.497 e. The summed E-state index contributed by atoms with van der Waals surface area (Å²) in [6.07, 6.45) is 2.08. The van der Waals surface area contributed by atoms with Crippen LogP contribution in [0.3, 0.4) is 0 Å². The minimum atomic E-state index is -0.431. The third kappa shape index (κ3) is 2.37. The highest BCUT2D eigenvalue weighted by atomic mass is 16.5. The normalized spacial score (nSPS) is 16.6. The average molecular weight is 282 g/mol. The number of carbonyl (C=O) groups is 1. The highest BCUT2D eigenvalue weighted by Crippen LogP contribution is 2.39. The molecule has 1 aliphatic rings. The molecule has 1 atom stereocenters. The zero-order valence-corrected chi connectivity index (χ0v) is 12.2. The number of hydrogen-bond acceptors (Lipinski definition) is 3. The van der Waals surface area contributed by atoms with Crippen molar-refractivity contribution in [2.45, 2.75) is 25.7 Å². The quantitative estimate of drug-likeness (QED) is 0.941. The molecule has 0 fully saturated rings. The number of amides is 1. The molecule has 0 radical (unpaired) electrons. The van der Waals surface area contributed by atoms with E-state index in [0.29, 0.717) is 11.3 Å². The summed E-state index contributed by atoms with van der Waals surface area (Å²) in [5.74, 6) is 0.696. The lowest BCUT2D eigenvalue weighted by Crippen LogP contribution is -2.14. The van der Waals surface area contributed by atoms with Gasteiger partial charge in [-0.1, -0.05) is 6.07 Å². The second-order valence-electron chi connectivity index (χ2n) is 5.39. The topological polar surface area (TPSA) is 65.2 Å². The Balaban J connectivity index is 2.01. The predicted molar refractivity (Wildman–Crippen MR) is 80.6 cm³/mol. The number of methoxy groups -OCH3 is 1. The molecule has 21 heavy (non-hydrogen) atoms. The van der Waals surface area contributed by atoms with Crippen LogP contribution < -0.4 is 10.5 Å². The van der Waals surface area contributed by atoms with Crippen molar-refractivity contribution in [3.8, 4) is 5.75 Å². The van der Waals surface area contributed by atoms with E-state index in [0.717, 1.165) is 24.3 Å². The Kier molecular flexibility index (Phi) is 3.37. The molecular weight excluding hydrogens is 264 g/mol. The first-order chi connectivity index (χ1) is 10.1. The molecular formula is C17H18N2O2. The van der Waals surface area contributed by atoms with E-state index in [-0.39, 0.29) is 5.92 Å². The van der Waals surface area contributed by atoms with Crippen molar-refractivity contribution in [1.82, 2.24) is 4.98 Å². The first-order valence-electron chi connectivity index (χ1n) is 7.04. The van der Waals surface area contributed by atoms with E-state index in [1.54, 1.807) is 13.2 Å². The van der Waals surface area contributed by atoms with Crippen molar-refractivity contribution < 1.29 is 9.53 Å². The predicted octanol–water partition coefficient (Wildman–Crippen LogP) is 2.58. The number of nitrogens with zero attached hydrogens (tertiary/aromatic N) is 1. The number of ether oxygens (including phenoxy) is 1. The zero-order chi connectivity index (χ0) is 15.0. The van der Waals surface area contributed by atoms with Crippen LogP contribution in [-0.4, -0.2) is 18.0 Å². The number of pyridine rings is 1. The lowest BCUT2D eigenvalue weighted by Gasteiger charge is -2.14. The fraction of sp³-hybridized carbons (Fsp3) is 0.294. The minimum absolute atomic E-state index is 0.260. The van der Waals surface area contributed by atoms with E-state index >= 15 is 0 Å². The van der Waals surface area contributed by atoms with Gasteiger partial charge in [0.15, 0.2) is 0 Å². The molecule has 0 aliphatic heterocycles. The molecule has 2 N–H and O–H groups in total. The van der Waals surface area contributed by atoms with Gasteiger partial charge < -0.3 is 10.5 Å². The number of rotatable bonds is 3. The van der Waals surface area contributed by atoms with Crippen LogP contribution in [0, 0.1) is 6.92 Å². The first kappa shape index (κ1) is 13.6. The lowest BCUT2D eigenvalue weighted by atomic mass is 9.96. The van der Waals surface area contributed by atoms with Gasteiger partial charge in [0.05, 0.1) is 18.4 Å². The van der Waals surface area contributed by atoms with E-state index in [4.69, 9.17) is 10.5 Å². The van der Waals surface area contributed by atoms with Crippen molar-refractivity contribution in [1.29, 1.82) is 0 Å². The molecule has 4 nitrogen and oxygen atoms in total. The molecule has 1 heterocycles. The number of aryl methyl sites for hydroxylation is 2. The van der Waals surface area contributed by atoms with Crippen molar-refractivity contribution in [3.05, 3.63) is 58.4 Å². The second kappa shape index (κ2) is 5.20. The number of primary amides is 1. The van der Waals surface area contributed by atoms with Crippen LogP contribution in [0.4, 0.5) is 0 Å². The molecule has 108 valence electrons. The summed E-state index contributed by atoms with van der Waals surface area (Å²) in [4.78, 5) is 15.9. The molecule has 1 aromatic carbocycles. The maximum atomic E-state index is 11.3. The third-order valence-electron chi connectivity index (χ3n) is 4.16. The van der Waals surface area contributed by atoms with Crippen LogP contribution in [0.25, 0.3) is 0 Å². The van der Waals surface area contributed by atoms with Crippen molar-refractivity contribution in [3.63, 3.8) is 0 Å². The molecule has 0 saturated heterocycles. The van der Waals surface area contributed by atoms with E-state index in [1.165, 1.54) is 11.1 Å². The standard InChI is InChI=1S/C17H18N2O2/c1-10-13(17(18)20)7-8-16(19-10)14-6-4-11-3-5-12(21-2)9-15(11)14/h3,5,7-9,14H,4,6H2,1-2H3,(H2,18,20)/t14-/m1/s1. The summed E-state index contributed by atoms with van der Waals surface area (Å²) in [5, 5.41) is 0. The number of aromatic nitrogens is 1. The molecule has 1 amide bonds. The highest BCUT2D eigenvalue weighted by molar-refractivity contribution is 5.93. The van der Waals surface area contributed by atoms with Gasteiger partial charge in [0.2, 0.25) is 0 Å². The summed E-state index contributed by atoms with van der Waals surface area (Å²) in [7, 11) is 1.68. The van der Waals surface area contributed by atoms with Crippen molar-refractivity contribution in [2.75, 3.05) is 7.11 Å². The third-order valence-corrected chi connectivity index (χ3v) is 4.16. The van der Waals surface area contributed by atoms with Gasteiger partial charge in [-0.25, -0.2) is 0 Å². The molecule has 0 unspecified atom stereocenters. The van der Waals surface area contributed by atoms with Gasteiger partial charge in [-0.15, -0.1) is 0 Å². The van der Waals surface area contributed by atoms with Crippen LogP contribution in [0.5, 0.6) is 5.75 Å². The van der Waals surface area contributed by atoms with E-state index in [2.05, 4.69) is 17.1 Å². The van der Waals surface area contributed by atoms with Gasteiger partial charge >= 0.3 is 0 Å². The summed E-state index contributed by atoms with van der Waals surface area (Å²) in [5.41, 5.74) is 10.1. The van der Waals surface area contributed by atoms with E-state index in [1.807, 2.05) is 19.1 Å². The van der Waals surface area contributed by atoms with Crippen LogP contribution >= 0.6 is 0 Å². The number of hydrogen-bond donors (Lipinski definition) is 1. The monoisotopic (exact) mass is 282 g/mol. The van der Waals surface area contributed by atoms with E-state index in [9.17, 15) is 4.79 Å². The molecule has 0 bridgehead atoms. The van der Waals surface area contributed by atoms with Gasteiger partial charge in [-0.05, 0) is 55.2 Å². The Bertz CT molecular complexity index is 710. The van der Waals surface area contributed by atoms with E-state index < -0.39 is 5.91 Å². The zero-order valence-electron chi connectivity index (χ0n) is 12.2. The Labute approximate surface area is 124 Å². The number of fused-ring (bicyclic) bond motifs is 1. The fourth-order valence-electron chi connectivity index (χ4n) is 3.05. The molecule has 2 aromatic rings. The summed E-state index contributed by atoms with van der Waals surface area (Å²) in [6.45, 7) is 1.82. The molecule has 3 rings (SSSR count). The lowest BCUT2D eigenvalue weighted by molar-refractivity contribution is 0.0999. The van der Waals surface area contributed by atoms with Gasteiger partial charge in [0, 0.05) is 11.6 Å². The number of nitrogens with two attached hydrogens (primary N) is 1. The average Bonchev–Trinajstić information content (AvgIpc) is 2.89. The van der Waals surface area contributed by atoms with Crippen LogP contribution in [0.1, 0.15) is 45.2 Å². The van der Waals surface area contributed by atoms with Gasteiger partial charge in [-0.2, -0.15) is 0 Å². The van der Waals surface area contributed by atoms with Crippen LogP contribution in [0.2, 0.25) is 0 Å². The molecule has 4 heteroatoms. The SMILES string of the molecule is COc1ccc2c(c1)[C@H](c1ccc(C(N)=O)c(C)n1)CC2. The first-order valence-corrected chi connectivity index (χ1v) is 7.04. The summed E-state index contributed by atoms with van der Waals surface area (Å²) < 4.78 is 5.32. The van der Waals surface area contributed by atoms with Gasteiger partial charge in [0.25, 0.3) is 5.91 Å². The largest absolute Gasteiger partial charge is 0.497 e. The van der Waals surface area contributed by atoms with Crippen LogP contribution in [-0.2, 0) is 6.42 Å². The van der Waals surface area contributed by atoms with Crippen LogP contribution in [0.15, 0.2) is 30.3 Å².